The minimum absolute atomic E-state index is 0.245. The Hall–Kier alpha value is -2.40. The standard InChI is InChI=1S/C17H16FN3S/c1-21(2)15-5-3-4-12(10-15)16-11-22-17(20-16)19-14-8-6-13(18)7-9-14/h3-11H,1-2H3,(H,19,20). The highest BCUT2D eigenvalue weighted by Crippen LogP contribution is 2.29. The van der Waals surface area contributed by atoms with Gasteiger partial charge in [-0.2, -0.15) is 0 Å². The monoisotopic (exact) mass is 313 g/mol. The zero-order chi connectivity index (χ0) is 15.5. The molecule has 5 heteroatoms. The molecule has 0 bridgehead atoms. The largest absolute Gasteiger partial charge is 0.378 e. The van der Waals surface area contributed by atoms with E-state index in [1.165, 1.54) is 23.5 Å². The summed E-state index contributed by atoms with van der Waals surface area (Å²) in [6.45, 7) is 0. The second-order valence-electron chi connectivity index (χ2n) is 5.11. The van der Waals surface area contributed by atoms with E-state index in [0.717, 1.165) is 27.8 Å². The van der Waals surface area contributed by atoms with Gasteiger partial charge in [-0.25, -0.2) is 9.37 Å². The Balaban J connectivity index is 1.81. The van der Waals surface area contributed by atoms with Crippen molar-refractivity contribution in [3.8, 4) is 11.3 Å². The zero-order valence-electron chi connectivity index (χ0n) is 12.4. The van der Waals surface area contributed by atoms with Crippen LogP contribution in [0.5, 0.6) is 0 Å². The molecule has 0 radical (unpaired) electrons. The number of anilines is 3. The molecule has 0 unspecified atom stereocenters. The third kappa shape index (κ3) is 3.26. The maximum atomic E-state index is 12.9. The predicted octanol–water partition coefficient (Wildman–Crippen LogP) is 4.76. The summed E-state index contributed by atoms with van der Waals surface area (Å²) in [5.41, 5.74) is 3.97. The number of hydrogen-bond donors (Lipinski definition) is 1. The lowest BCUT2D eigenvalue weighted by Crippen LogP contribution is -2.08. The molecule has 0 atom stereocenters. The molecule has 0 fully saturated rings. The van der Waals surface area contributed by atoms with Gasteiger partial charge in [0.1, 0.15) is 5.82 Å². The molecule has 0 amide bonds. The van der Waals surface area contributed by atoms with Crippen molar-refractivity contribution >= 4 is 27.8 Å². The van der Waals surface area contributed by atoms with E-state index in [4.69, 9.17) is 0 Å². The molecule has 0 aliphatic heterocycles. The van der Waals surface area contributed by atoms with E-state index < -0.39 is 0 Å². The zero-order valence-corrected chi connectivity index (χ0v) is 13.2. The summed E-state index contributed by atoms with van der Waals surface area (Å²) in [6, 6.07) is 14.5. The van der Waals surface area contributed by atoms with E-state index in [-0.39, 0.29) is 5.82 Å². The number of halogens is 1. The first-order valence-electron chi connectivity index (χ1n) is 6.88. The van der Waals surface area contributed by atoms with E-state index in [0.29, 0.717) is 0 Å². The minimum Gasteiger partial charge on any atom is -0.378 e. The molecule has 3 rings (SSSR count). The number of nitrogens with one attached hydrogen (secondary N) is 1. The van der Waals surface area contributed by atoms with E-state index in [2.05, 4.69) is 27.3 Å². The average molecular weight is 313 g/mol. The van der Waals surface area contributed by atoms with Gasteiger partial charge in [-0.05, 0) is 36.4 Å². The van der Waals surface area contributed by atoms with E-state index in [9.17, 15) is 4.39 Å². The van der Waals surface area contributed by atoms with E-state index >= 15 is 0 Å². The summed E-state index contributed by atoms with van der Waals surface area (Å²) in [7, 11) is 4.03. The second-order valence-corrected chi connectivity index (χ2v) is 5.97. The molecule has 1 N–H and O–H groups in total. The van der Waals surface area contributed by atoms with Crippen LogP contribution in [-0.2, 0) is 0 Å². The Labute approximate surface area is 133 Å². The van der Waals surface area contributed by atoms with Gasteiger partial charge in [0.25, 0.3) is 0 Å². The topological polar surface area (TPSA) is 28.2 Å². The molecule has 0 saturated carbocycles. The van der Waals surface area contributed by atoms with Crippen molar-refractivity contribution in [2.45, 2.75) is 0 Å². The summed E-state index contributed by atoms with van der Waals surface area (Å²) in [6.07, 6.45) is 0. The molecule has 0 aliphatic carbocycles. The highest BCUT2D eigenvalue weighted by Gasteiger charge is 2.06. The summed E-state index contributed by atoms with van der Waals surface area (Å²) >= 11 is 1.53. The fourth-order valence-corrected chi connectivity index (χ4v) is 2.80. The van der Waals surface area contributed by atoms with Crippen LogP contribution in [0.1, 0.15) is 0 Å². The predicted molar refractivity (Wildman–Crippen MR) is 91.6 cm³/mol. The molecule has 2 aromatic carbocycles. The van der Waals surface area contributed by atoms with Crippen LogP contribution in [0, 0.1) is 5.82 Å². The number of thiazole rings is 1. The third-order valence-corrected chi connectivity index (χ3v) is 4.02. The van der Waals surface area contributed by atoms with Crippen molar-refractivity contribution in [2.24, 2.45) is 0 Å². The summed E-state index contributed by atoms with van der Waals surface area (Å²) in [5.74, 6) is -0.245. The van der Waals surface area contributed by atoms with Crippen LogP contribution in [0.2, 0.25) is 0 Å². The lowest BCUT2D eigenvalue weighted by Gasteiger charge is -2.12. The van der Waals surface area contributed by atoms with Crippen LogP contribution in [0.25, 0.3) is 11.3 Å². The first-order valence-corrected chi connectivity index (χ1v) is 7.76. The van der Waals surface area contributed by atoms with Gasteiger partial charge in [-0.15, -0.1) is 11.3 Å². The smallest absolute Gasteiger partial charge is 0.187 e. The molecule has 0 saturated heterocycles. The molecule has 1 aromatic heterocycles. The van der Waals surface area contributed by atoms with Gasteiger partial charge in [-0.1, -0.05) is 12.1 Å². The Morgan fingerprint density at radius 1 is 1.09 bits per heavy atom. The Morgan fingerprint density at radius 3 is 2.59 bits per heavy atom. The molecular formula is C17H16FN3S. The Morgan fingerprint density at radius 2 is 1.86 bits per heavy atom. The molecule has 1 heterocycles. The van der Waals surface area contributed by atoms with Gasteiger partial charge in [0.2, 0.25) is 0 Å². The number of hydrogen-bond acceptors (Lipinski definition) is 4. The van der Waals surface area contributed by atoms with Crippen LogP contribution in [0.15, 0.2) is 53.9 Å². The lowest BCUT2D eigenvalue weighted by atomic mass is 10.1. The average Bonchev–Trinajstić information content (AvgIpc) is 2.98. The van der Waals surface area contributed by atoms with Gasteiger partial charge in [0, 0.05) is 36.4 Å². The van der Waals surface area contributed by atoms with E-state index in [1.807, 2.05) is 31.6 Å². The fourth-order valence-electron chi connectivity index (χ4n) is 2.06. The van der Waals surface area contributed by atoms with Crippen molar-refractivity contribution in [1.29, 1.82) is 0 Å². The first-order chi connectivity index (χ1) is 10.6. The van der Waals surface area contributed by atoms with Gasteiger partial charge in [0.15, 0.2) is 5.13 Å². The fraction of sp³-hybridized carbons (Fsp3) is 0.118. The number of nitrogens with zero attached hydrogens (tertiary/aromatic N) is 2. The van der Waals surface area contributed by atoms with Gasteiger partial charge < -0.3 is 10.2 Å². The van der Waals surface area contributed by atoms with Crippen molar-refractivity contribution in [2.75, 3.05) is 24.3 Å². The van der Waals surface area contributed by atoms with Crippen LogP contribution < -0.4 is 10.2 Å². The summed E-state index contributed by atoms with van der Waals surface area (Å²) in [5, 5.41) is 5.99. The Kier molecular flexibility index (Phi) is 4.06. The number of rotatable bonds is 4. The maximum Gasteiger partial charge on any atom is 0.187 e. The van der Waals surface area contributed by atoms with Crippen molar-refractivity contribution in [3.63, 3.8) is 0 Å². The lowest BCUT2D eigenvalue weighted by molar-refractivity contribution is 0.628. The van der Waals surface area contributed by atoms with Crippen molar-refractivity contribution < 1.29 is 4.39 Å². The molecule has 0 aliphatic rings. The van der Waals surface area contributed by atoms with Crippen LogP contribution in [0.3, 0.4) is 0 Å². The van der Waals surface area contributed by atoms with Gasteiger partial charge >= 0.3 is 0 Å². The van der Waals surface area contributed by atoms with Crippen LogP contribution in [-0.4, -0.2) is 19.1 Å². The van der Waals surface area contributed by atoms with Crippen molar-refractivity contribution in [1.82, 2.24) is 4.98 Å². The summed E-state index contributed by atoms with van der Waals surface area (Å²) in [4.78, 5) is 6.66. The normalized spacial score (nSPS) is 10.5. The molecule has 3 aromatic rings. The first kappa shape index (κ1) is 14.5. The minimum atomic E-state index is -0.245. The molecule has 112 valence electrons. The molecule has 0 spiro atoms. The quantitative estimate of drug-likeness (QED) is 0.753. The SMILES string of the molecule is CN(C)c1cccc(-c2csc(Nc3ccc(F)cc3)n2)c1. The molecular weight excluding hydrogens is 297 g/mol. The number of benzene rings is 2. The van der Waals surface area contributed by atoms with Crippen LogP contribution in [0.4, 0.5) is 20.9 Å². The summed E-state index contributed by atoms with van der Waals surface area (Å²) < 4.78 is 12.9. The molecule has 3 nitrogen and oxygen atoms in total. The maximum absolute atomic E-state index is 12.9. The van der Waals surface area contributed by atoms with Gasteiger partial charge in [0.05, 0.1) is 5.69 Å². The second kappa shape index (κ2) is 6.15. The van der Waals surface area contributed by atoms with Gasteiger partial charge in [-0.3, -0.25) is 0 Å². The molecule has 22 heavy (non-hydrogen) atoms. The van der Waals surface area contributed by atoms with Crippen LogP contribution >= 0.6 is 11.3 Å². The van der Waals surface area contributed by atoms with Crippen molar-refractivity contribution in [3.05, 3.63) is 59.7 Å². The number of aromatic nitrogens is 1. The third-order valence-electron chi connectivity index (χ3n) is 3.26. The highest BCUT2D eigenvalue weighted by molar-refractivity contribution is 7.14. The Bertz CT molecular complexity index is 766. The van der Waals surface area contributed by atoms with E-state index in [1.54, 1.807) is 12.1 Å². The highest BCUT2D eigenvalue weighted by atomic mass is 32.1.